The zero-order valence-corrected chi connectivity index (χ0v) is 12.9. The summed E-state index contributed by atoms with van der Waals surface area (Å²) in [5.41, 5.74) is 8.11. The topological polar surface area (TPSA) is 45.3 Å². The van der Waals surface area contributed by atoms with Crippen LogP contribution in [0, 0.1) is 5.92 Å². The maximum atomic E-state index is 5.69. The van der Waals surface area contributed by atoms with Gasteiger partial charge in [0.25, 0.3) is 0 Å². The number of rotatable bonds is 6. The highest BCUT2D eigenvalue weighted by Crippen LogP contribution is 2.29. The maximum Gasteiger partial charge on any atom is 0.119 e. The van der Waals surface area contributed by atoms with Gasteiger partial charge in [0, 0.05) is 12.6 Å². The number of likely N-dealkylation sites (N-methyl/N-ethyl adjacent to an activating group) is 1. The van der Waals surface area contributed by atoms with Crippen LogP contribution in [0.3, 0.4) is 0 Å². The first kappa shape index (κ1) is 15.3. The average molecular weight is 277 g/mol. The fourth-order valence-electron chi connectivity index (χ4n) is 2.64. The quantitative estimate of drug-likeness (QED) is 0.746. The highest BCUT2D eigenvalue weighted by molar-refractivity contribution is 5.30. The summed E-state index contributed by atoms with van der Waals surface area (Å²) in [6, 6.07) is 9.24. The SMILES string of the molecule is CCNCC1NNC(c2ccc(OC(C)C)cc2)C1C. The molecule has 0 spiro atoms. The van der Waals surface area contributed by atoms with Gasteiger partial charge in [-0.15, -0.1) is 0 Å². The number of benzene rings is 1. The number of hydrazine groups is 1. The van der Waals surface area contributed by atoms with Gasteiger partial charge in [-0.25, -0.2) is 5.43 Å². The molecular formula is C16H27N3O. The standard InChI is InChI=1S/C16H27N3O/c1-5-17-10-15-12(4)16(19-18-15)13-6-8-14(9-7-13)20-11(2)3/h6-9,11-12,15-19H,5,10H2,1-4H3. The zero-order valence-electron chi connectivity index (χ0n) is 12.9. The second kappa shape index (κ2) is 7.07. The zero-order chi connectivity index (χ0) is 14.5. The number of nitrogens with one attached hydrogen (secondary N) is 3. The van der Waals surface area contributed by atoms with Crippen molar-refractivity contribution in [2.45, 2.75) is 45.9 Å². The van der Waals surface area contributed by atoms with Gasteiger partial charge in [0.2, 0.25) is 0 Å². The van der Waals surface area contributed by atoms with Crippen molar-refractivity contribution in [3.05, 3.63) is 29.8 Å². The molecule has 0 radical (unpaired) electrons. The Morgan fingerprint density at radius 2 is 1.90 bits per heavy atom. The van der Waals surface area contributed by atoms with E-state index < -0.39 is 0 Å². The molecule has 3 atom stereocenters. The largest absolute Gasteiger partial charge is 0.491 e. The lowest BCUT2D eigenvalue weighted by Gasteiger charge is -2.19. The first-order chi connectivity index (χ1) is 9.61. The van der Waals surface area contributed by atoms with E-state index >= 15 is 0 Å². The summed E-state index contributed by atoms with van der Waals surface area (Å²) >= 11 is 0. The molecule has 0 bridgehead atoms. The molecular weight excluding hydrogens is 250 g/mol. The van der Waals surface area contributed by atoms with Gasteiger partial charge in [-0.05, 0) is 44.0 Å². The minimum Gasteiger partial charge on any atom is -0.491 e. The van der Waals surface area contributed by atoms with E-state index in [1.165, 1.54) is 5.56 Å². The molecule has 3 N–H and O–H groups in total. The fraction of sp³-hybridized carbons (Fsp3) is 0.625. The summed E-state index contributed by atoms with van der Waals surface area (Å²) in [4.78, 5) is 0. The van der Waals surface area contributed by atoms with Crippen molar-refractivity contribution < 1.29 is 4.74 Å². The van der Waals surface area contributed by atoms with Crippen molar-refractivity contribution in [3.8, 4) is 5.75 Å². The van der Waals surface area contributed by atoms with E-state index in [0.29, 0.717) is 18.0 Å². The van der Waals surface area contributed by atoms with Crippen molar-refractivity contribution in [2.75, 3.05) is 13.1 Å². The third-order valence-electron chi connectivity index (χ3n) is 3.81. The van der Waals surface area contributed by atoms with Crippen LogP contribution in [0.2, 0.25) is 0 Å². The monoisotopic (exact) mass is 277 g/mol. The number of hydrogen-bond donors (Lipinski definition) is 3. The molecule has 4 heteroatoms. The molecule has 0 aromatic heterocycles. The minimum absolute atomic E-state index is 0.218. The lowest BCUT2D eigenvalue weighted by molar-refractivity contribution is 0.242. The molecule has 112 valence electrons. The van der Waals surface area contributed by atoms with Gasteiger partial charge in [0.1, 0.15) is 5.75 Å². The second-order valence-corrected chi connectivity index (χ2v) is 5.78. The second-order valence-electron chi connectivity index (χ2n) is 5.78. The van der Waals surface area contributed by atoms with Crippen molar-refractivity contribution in [2.24, 2.45) is 5.92 Å². The van der Waals surface area contributed by atoms with E-state index in [0.717, 1.165) is 18.8 Å². The Morgan fingerprint density at radius 1 is 1.20 bits per heavy atom. The van der Waals surface area contributed by atoms with Gasteiger partial charge in [-0.2, -0.15) is 0 Å². The molecule has 1 fully saturated rings. The van der Waals surface area contributed by atoms with Crippen LogP contribution in [0.4, 0.5) is 0 Å². The lowest BCUT2D eigenvalue weighted by Crippen LogP contribution is -2.39. The molecule has 1 aromatic carbocycles. The first-order valence-electron chi connectivity index (χ1n) is 7.60. The Bertz CT molecular complexity index is 405. The average Bonchev–Trinajstić information content (AvgIpc) is 2.78. The van der Waals surface area contributed by atoms with E-state index in [2.05, 4.69) is 54.3 Å². The van der Waals surface area contributed by atoms with Crippen molar-refractivity contribution in [1.29, 1.82) is 0 Å². The Kier molecular flexibility index (Phi) is 5.40. The molecule has 20 heavy (non-hydrogen) atoms. The van der Waals surface area contributed by atoms with Crippen molar-refractivity contribution in [1.82, 2.24) is 16.2 Å². The minimum atomic E-state index is 0.218. The molecule has 1 aliphatic heterocycles. The van der Waals surface area contributed by atoms with E-state index in [1.807, 2.05) is 13.8 Å². The highest BCUT2D eigenvalue weighted by Gasteiger charge is 2.32. The lowest BCUT2D eigenvalue weighted by atomic mass is 9.91. The number of hydrogen-bond acceptors (Lipinski definition) is 4. The van der Waals surface area contributed by atoms with E-state index in [1.54, 1.807) is 0 Å². The summed E-state index contributed by atoms with van der Waals surface area (Å²) in [5, 5.41) is 3.40. The van der Waals surface area contributed by atoms with Gasteiger partial charge in [-0.1, -0.05) is 26.0 Å². The first-order valence-corrected chi connectivity index (χ1v) is 7.60. The Hall–Kier alpha value is -1.10. The summed E-state index contributed by atoms with van der Waals surface area (Å²) < 4.78 is 5.69. The molecule has 4 nitrogen and oxygen atoms in total. The van der Waals surface area contributed by atoms with Crippen molar-refractivity contribution in [3.63, 3.8) is 0 Å². The normalized spacial score (nSPS) is 26.1. The van der Waals surface area contributed by atoms with Crippen molar-refractivity contribution >= 4 is 0 Å². The van der Waals surface area contributed by atoms with E-state index in [4.69, 9.17) is 4.74 Å². The van der Waals surface area contributed by atoms with Crippen LogP contribution in [-0.4, -0.2) is 25.2 Å². The van der Waals surface area contributed by atoms with Crippen LogP contribution in [0.15, 0.2) is 24.3 Å². The van der Waals surface area contributed by atoms with Crippen LogP contribution < -0.4 is 20.9 Å². The summed E-state index contributed by atoms with van der Waals surface area (Å²) in [6.07, 6.45) is 0.218. The predicted molar refractivity (Wildman–Crippen MR) is 82.7 cm³/mol. The molecule has 3 unspecified atom stereocenters. The van der Waals surface area contributed by atoms with Crippen LogP contribution in [0.5, 0.6) is 5.75 Å². The van der Waals surface area contributed by atoms with Crippen LogP contribution in [-0.2, 0) is 0 Å². The summed E-state index contributed by atoms with van der Waals surface area (Å²) in [5.74, 6) is 1.48. The molecule has 0 amide bonds. The molecule has 1 heterocycles. The van der Waals surface area contributed by atoms with E-state index in [9.17, 15) is 0 Å². The molecule has 1 aliphatic rings. The number of ether oxygens (including phenoxy) is 1. The van der Waals surface area contributed by atoms with Gasteiger partial charge in [0.15, 0.2) is 0 Å². The Morgan fingerprint density at radius 3 is 2.50 bits per heavy atom. The molecule has 0 saturated carbocycles. The summed E-state index contributed by atoms with van der Waals surface area (Å²) in [7, 11) is 0. The fourth-order valence-corrected chi connectivity index (χ4v) is 2.64. The van der Waals surface area contributed by atoms with Crippen LogP contribution >= 0.6 is 0 Å². The predicted octanol–water partition coefficient (Wildman–Crippen LogP) is 2.24. The van der Waals surface area contributed by atoms with Gasteiger partial charge in [-0.3, -0.25) is 5.43 Å². The highest BCUT2D eigenvalue weighted by atomic mass is 16.5. The Balaban J connectivity index is 1.98. The van der Waals surface area contributed by atoms with Crippen LogP contribution in [0.1, 0.15) is 39.3 Å². The smallest absolute Gasteiger partial charge is 0.119 e. The van der Waals surface area contributed by atoms with Gasteiger partial charge in [0.05, 0.1) is 12.1 Å². The Labute approximate surface area is 122 Å². The maximum absolute atomic E-state index is 5.69. The molecule has 2 rings (SSSR count). The molecule has 1 aromatic rings. The molecule has 1 saturated heterocycles. The molecule has 0 aliphatic carbocycles. The third-order valence-corrected chi connectivity index (χ3v) is 3.81. The van der Waals surface area contributed by atoms with Gasteiger partial charge >= 0.3 is 0 Å². The van der Waals surface area contributed by atoms with Gasteiger partial charge < -0.3 is 10.1 Å². The van der Waals surface area contributed by atoms with Crippen LogP contribution in [0.25, 0.3) is 0 Å². The third kappa shape index (κ3) is 3.72. The summed E-state index contributed by atoms with van der Waals surface area (Å²) in [6.45, 7) is 10.5. The van der Waals surface area contributed by atoms with E-state index in [-0.39, 0.29) is 6.10 Å².